The minimum atomic E-state index is -0.193. The molecule has 1 saturated heterocycles. The van der Waals surface area contributed by atoms with Crippen LogP contribution in [0.25, 0.3) is 0 Å². The molecule has 0 saturated carbocycles. The van der Waals surface area contributed by atoms with Crippen LogP contribution in [0.2, 0.25) is 0 Å². The van der Waals surface area contributed by atoms with E-state index in [0.29, 0.717) is 31.7 Å². The molecule has 4 nitrogen and oxygen atoms in total. The van der Waals surface area contributed by atoms with E-state index < -0.39 is 0 Å². The summed E-state index contributed by atoms with van der Waals surface area (Å²) in [6, 6.07) is 17.8. The van der Waals surface area contributed by atoms with Gasteiger partial charge in [0.15, 0.2) is 0 Å². The molecule has 1 aliphatic rings. The summed E-state index contributed by atoms with van der Waals surface area (Å²) < 4.78 is 0. The van der Waals surface area contributed by atoms with E-state index in [9.17, 15) is 9.59 Å². The van der Waals surface area contributed by atoms with Crippen molar-refractivity contribution in [3.8, 4) is 0 Å². The number of hydrogen-bond donors (Lipinski definition) is 0. The highest BCUT2D eigenvalue weighted by atomic mass is 16.2. The summed E-state index contributed by atoms with van der Waals surface area (Å²) in [5.74, 6) is -0.00534. The summed E-state index contributed by atoms with van der Waals surface area (Å²) in [5.41, 5.74) is 2.94. The van der Waals surface area contributed by atoms with Gasteiger partial charge in [0, 0.05) is 37.7 Å². The van der Waals surface area contributed by atoms with Crippen LogP contribution >= 0.6 is 0 Å². The first-order valence-corrected chi connectivity index (χ1v) is 9.74. The predicted octanol–water partition coefficient (Wildman–Crippen LogP) is 3.72. The minimum Gasteiger partial charge on any atom is -0.343 e. The van der Waals surface area contributed by atoms with Crippen molar-refractivity contribution in [1.82, 2.24) is 9.80 Å². The first-order chi connectivity index (χ1) is 13.0. The van der Waals surface area contributed by atoms with Crippen molar-refractivity contribution < 1.29 is 9.59 Å². The summed E-state index contributed by atoms with van der Waals surface area (Å²) in [4.78, 5) is 29.9. The van der Waals surface area contributed by atoms with Gasteiger partial charge in [-0.3, -0.25) is 9.59 Å². The molecule has 0 aromatic heterocycles. The molecular formula is C23H28N2O2. The van der Waals surface area contributed by atoms with E-state index >= 15 is 0 Å². The van der Waals surface area contributed by atoms with Crippen LogP contribution in [0.4, 0.5) is 0 Å². The standard InChI is InChI=1S/C23H28N2O2/c1-4-24(5-2)23(27)21-16-25(15-20(21)18-9-7-6-8-10-18)22(26)19-13-11-17(3)12-14-19/h6-14,20-21H,4-5,15-16H2,1-3H3/t20-,21-/m1/s1. The number of benzene rings is 2. The molecule has 0 aliphatic carbocycles. The zero-order chi connectivity index (χ0) is 19.4. The molecule has 0 radical (unpaired) electrons. The maximum Gasteiger partial charge on any atom is 0.253 e. The Morgan fingerprint density at radius 2 is 1.59 bits per heavy atom. The highest BCUT2D eigenvalue weighted by molar-refractivity contribution is 5.95. The zero-order valence-corrected chi connectivity index (χ0v) is 16.4. The largest absolute Gasteiger partial charge is 0.343 e. The molecule has 2 aromatic rings. The Morgan fingerprint density at radius 1 is 0.963 bits per heavy atom. The summed E-state index contributed by atoms with van der Waals surface area (Å²) in [5, 5.41) is 0. The van der Waals surface area contributed by atoms with Crippen molar-refractivity contribution in [2.45, 2.75) is 26.7 Å². The van der Waals surface area contributed by atoms with Gasteiger partial charge in [0.1, 0.15) is 0 Å². The van der Waals surface area contributed by atoms with Gasteiger partial charge in [-0.2, -0.15) is 0 Å². The Bertz CT molecular complexity index is 782. The molecule has 0 spiro atoms. The quantitative estimate of drug-likeness (QED) is 0.811. The van der Waals surface area contributed by atoms with Gasteiger partial charge in [0.2, 0.25) is 5.91 Å². The summed E-state index contributed by atoms with van der Waals surface area (Å²) in [6.07, 6.45) is 0. The Kier molecular flexibility index (Phi) is 5.94. The lowest BCUT2D eigenvalue weighted by molar-refractivity contribution is -0.135. The van der Waals surface area contributed by atoms with Gasteiger partial charge in [0.05, 0.1) is 5.92 Å². The molecule has 2 atom stereocenters. The zero-order valence-electron chi connectivity index (χ0n) is 16.4. The number of nitrogens with zero attached hydrogens (tertiary/aromatic N) is 2. The van der Waals surface area contributed by atoms with Gasteiger partial charge in [-0.25, -0.2) is 0 Å². The van der Waals surface area contributed by atoms with Gasteiger partial charge < -0.3 is 9.80 Å². The van der Waals surface area contributed by atoms with Crippen molar-refractivity contribution in [3.63, 3.8) is 0 Å². The van der Waals surface area contributed by atoms with Gasteiger partial charge in [-0.05, 0) is 38.5 Å². The molecule has 27 heavy (non-hydrogen) atoms. The van der Waals surface area contributed by atoms with Gasteiger partial charge >= 0.3 is 0 Å². The molecule has 142 valence electrons. The van der Waals surface area contributed by atoms with Gasteiger partial charge in [-0.15, -0.1) is 0 Å². The number of likely N-dealkylation sites (tertiary alicyclic amines) is 1. The third kappa shape index (κ3) is 4.05. The normalized spacial score (nSPS) is 19.1. The minimum absolute atomic E-state index is 0.00535. The third-order valence-corrected chi connectivity index (χ3v) is 5.53. The van der Waals surface area contributed by atoms with Crippen molar-refractivity contribution in [3.05, 3.63) is 71.3 Å². The Hall–Kier alpha value is -2.62. The Labute approximate surface area is 161 Å². The molecule has 1 heterocycles. The van der Waals surface area contributed by atoms with E-state index in [0.717, 1.165) is 11.1 Å². The molecule has 0 bridgehead atoms. The molecule has 4 heteroatoms. The van der Waals surface area contributed by atoms with Crippen molar-refractivity contribution in [2.24, 2.45) is 5.92 Å². The molecule has 1 fully saturated rings. The van der Waals surface area contributed by atoms with E-state index in [1.54, 1.807) is 0 Å². The molecule has 2 amide bonds. The number of carbonyl (C=O) groups excluding carboxylic acids is 2. The van der Waals surface area contributed by atoms with Crippen LogP contribution in [0.1, 0.15) is 41.3 Å². The van der Waals surface area contributed by atoms with Crippen LogP contribution in [0.3, 0.4) is 0 Å². The van der Waals surface area contributed by atoms with Crippen LogP contribution in [-0.4, -0.2) is 47.8 Å². The van der Waals surface area contributed by atoms with Gasteiger partial charge in [0.25, 0.3) is 5.91 Å². The highest BCUT2D eigenvalue weighted by Crippen LogP contribution is 2.34. The second kappa shape index (κ2) is 8.38. The summed E-state index contributed by atoms with van der Waals surface area (Å²) >= 11 is 0. The Morgan fingerprint density at radius 3 is 2.19 bits per heavy atom. The fourth-order valence-electron chi connectivity index (χ4n) is 3.91. The van der Waals surface area contributed by atoms with E-state index in [-0.39, 0.29) is 23.7 Å². The second-order valence-corrected chi connectivity index (χ2v) is 7.21. The van der Waals surface area contributed by atoms with E-state index in [2.05, 4.69) is 12.1 Å². The third-order valence-electron chi connectivity index (χ3n) is 5.53. The Balaban J connectivity index is 1.87. The number of rotatable bonds is 5. The summed E-state index contributed by atoms with van der Waals surface area (Å²) in [7, 11) is 0. The van der Waals surface area contributed by atoms with Gasteiger partial charge in [-0.1, -0.05) is 48.0 Å². The maximum atomic E-state index is 13.1. The fraction of sp³-hybridized carbons (Fsp3) is 0.391. The monoisotopic (exact) mass is 364 g/mol. The van der Waals surface area contributed by atoms with Crippen LogP contribution in [0.5, 0.6) is 0 Å². The molecule has 0 unspecified atom stereocenters. The van der Waals surface area contributed by atoms with Crippen molar-refractivity contribution >= 4 is 11.8 Å². The average molecular weight is 364 g/mol. The van der Waals surface area contributed by atoms with Crippen LogP contribution < -0.4 is 0 Å². The molecule has 1 aliphatic heterocycles. The fourth-order valence-corrected chi connectivity index (χ4v) is 3.91. The average Bonchev–Trinajstić information content (AvgIpc) is 3.15. The van der Waals surface area contributed by atoms with Crippen LogP contribution in [0.15, 0.2) is 54.6 Å². The number of carbonyl (C=O) groups is 2. The lowest BCUT2D eigenvalue weighted by Crippen LogP contribution is -2.39. The number of aryl methyl sites for hydroxylation is 1. The van der Waals surface area contributed by atoms with E-state index in [1.807, 2.05) is 73.0 Å². The number of hydrogen-bond acceptors (Lipinski definition) is 2. The molecule has 3 rings (SSSR count). The number of amides is 2. The van der Waals surface area contributed by atoms with Crippen LogP contribution in [0, 0.1) is 12.8 Å². The van der Waals surface area contributed by atoms with Crippen LogP contribution in [-0.2, 0) is 4.79 Å². The molecular weight excluding hydrogens is 336 g/mol. The van der Waals surface area contributed by atoms with Crippen molar-refractivity contribution in [2.75, 3.05) is 26.2 Å². The summed E-state index contributed by atoms with van der Waals surface area (Å²) in [6.45, 7) is 8.45. The molecule has 2 aromatic carbocycles. The predicted molar refractivity (Wildman–Crippen MR) is 108 cm³/mol. The SMILES string of the molecule is CCN(CC)C(=O)[C@@H]1CN(C(=O)c2ccc(C)cc2)C[C@@H]1c1ccccc1. The second-order valence-electron chi connectivity index (χ2n) is 7.21. The lowest BCUT2D eigenvalue weighted by Gasteiger charge is -2.25. The smallest absolute Gasteiger partial charge is 0.253 e. The van der Waals surface area contributed by atoms with E-state index in [4.69, 9.17) is 0 Å². The highest BCUT2D eigenvalue weighted by Gasteiger charge is 2.41. The topological polar surface area (TPSA) is 40.6 Å². The maximum absolute atomic E-state index is 13.1. The first kappa shape index (κ1) is 19.2. The van der Waals surface area contributed by atoms with E-state index in [1.165, 1.54) is 0 Å². The first-order valence-electron chi connectivity index (χ1n) is 9.74. The molecule has 0 N–H and O–H groups in total. The van der Waals surface area contributed by atoms with Crippen molar-refractivity contribution in [1.29, 1.82) is 0 Å². The lowest BCUT2D eigenvalue weighted by atomic mass is 9.88.